The Morgan fingerprint density at radius 3 is 2.44 bits per heavy atom. The summed E-state index contributed by atoms with van der Waals surface area (Å²) >= 11 is 0. The zero-order valence-corrected chi connectivity index (χ0v) is 20.6. The van der Waals surface area contributed by atoms with Gasteiger partial charge >= 0.3 is 5.97 Å². The molecule has 0 aliphatic heterocycles. The molecule has 1 saturated carbocycles. The highest BCUT2D eigenvalue weighted by Gasteiger charge is 2.19. The predicted octanol–water partition coefficient (Wildman–Crippen LogP) is 6.16. The quantitative estimate of drug-likeness (QED) is 0.317. The minimum atomic E-state index is -0.980. The van der Waals surface area contributed by atoms with Crippen molar-refractivity contribution in [2.75, 3.05) is 6.54 Å². The minimum Gasteiger partial charge on any atom is -0.490 e. The normalized spacial score (nSPS) is 15.9. The van der Waals surface area contributed by atoms with E-state index in [9.17, 15) is 19.4 Å². The van der Waals surface area contributed by atoms with E-state index in [0.717, 1.165) is 48.8 Å². The third kappa shape index (κ3) is 6.93. The Morgan fingerprint density at radius 1 is 1.03 bits per heavy atom. The van der Waals surface area contributed by atoms with Gasteiger partial charge in [-0.3, -0.25) is 0 Å². The fourth-order valence-electron chi connectivity index (χ4n) is 4.74. The van der Waals surface area contributed by atoms with Crippen LogP contribution in [0.2, 0.25) is 0 Å². The lowest BCUT2D eigenvalue weighted by Gasteiger charge is -2.24. The van der Waals surface area contributed by atoms with E-state index in [1.54, 1.807) is 18.2 Å². The number of aliphatic hydroxyl groups is 1. The van der Waals surface area contributed by atoms with Crippen LogP contribution < -0.4 is 10.1 Å². The summed E-state index contributed by atoms with van der Waals surface area (Å²) < 4.78 is 19.5. The number of carboxylic acid groups (broad SMARTS) is 1. The Morgan fingerprint density at radius 2 is 1.75 bits per heavy atom. The Kier molecular flexibility index (Phi) is 8.73. The van der Waals surface area contributed by atoms with E-state index in [0.29, 0.717) is 17.9 Å². The lowest BCUT2D eigenvalue weighted by Crippen LogP contribution is -2.32. The molecule has 3 N–H and O–H groups in total. The second kappa shape index (κ2) is 12.2. The van der Waals surface area contributed by atoms with Crippen molar-refractivity contribution in [2.24, 2.45) is 0 Å². The molecule has 3 aromatic rings. The summed E-state index contributed by atoms with van der Waals surface area (Å²) in [5.74, 6) is -0.901. The summed E-state index contributed by atoms with van der Waals surface area (Å²) in [6.07, 6.45) is 5.43. The molecule has 0 bridgehead atoms. The van der Waals surface area contributed by atoms with E-state index in [1.165, 1.54) is 18.6 Å². The van der Waals surface area contributed by atoms with Gasteiger partial charge in [0.1, 0.15) is 17.1 Å². The second-order valence-corrected chi connectivity index (χ2v) is 9.68. The summed E-state index contributed by atoms with van der Waals surface area (Å²) in [7, 11) is 0. The molecule has 190 valence electrons. The van der Waals surface area contributed by atoms with Gasteiger partial charge in [0.15, 0.2) is 0 Å². The minimum absolute atomic E-state index is 0.0721. The van der Waals surface area contributed by atoms with Gasteiger partial charge in [0.05, 0.1) is 12.2 Å². The zero-order valence-electron chi connectivity index (χ0n) is 20.6. The molecule has 5 nitrogen and oxygen atoms in total. The van der Waals surface area contributed by atoms with Crippen LogP contribution in [-0.4, -0.2) is 34.9 Å². The van der Waals surface area contributed by atoms with Gasteiger partial charge in [0.25, 0.3) is 0 Å². The van der Waals surface area contributed by atoms with Gasteiger partial charge in [-0.05, 0) is 85.5 Å². The zero-order chi connectivity index (χ0) is 25.5. The molecule has 0 heterocycles. The molecule has 0 spiro atoms. The number of rotatable bonds is 10. The maximum atomic E-state index is 13.4. The van der Waals surface area contributed by atoms with Crippen LogP contribution in [0.25, 0.3) is 11.1 Å². The fraction of sp³-hybridized carbons (Fsp3) is 0.367. The van der Waals surface area contributed by atoms with E-state index >= 15 is 0 Å². The highest BCUT2D eigenvalue weighted by molar-refractivity contribution is 5.92. The number of halogens is 1. The van der Waals surface area contributed by atoms with Gasteiger partial charge in [-0.25, -0.2) is 9.18 Å². The Hall–Kier alpha value is -3.22. The standard InChI is InChI=1S/C30H34FNO4/c1-20(32-19-28(33)24-6-5-7-25(31)17-24)16-21-10-12-22(13-11-21)23-14-15-27(30(34)35)29(18-23)36-26-8-3-2-4-9-26/h5-7,10-15,17-18,20,26,28,32-33H,2-4,8-9,16,19H2,1H3,(H,34,35)/t20-,28+/m1/s1. The Balaban J connectivity index is 1.38. The van der Waals surface area contributed by atoms with Crippen molar-refractivity contribution < 1.29 is 24.1 Å². The number of carboxylic acids is 1. The number of carbonyl (C=O) groups is 1. The first kappa shape index (κ1) is 25.9. The number of aliphatic hydroxyl groups excluding tert-OH is 1. The molecule has 1 aliphatic rings. The molecule has 0 unspecified atom stereocenters. The van der Waals surface area contributed by atoms with Crippen molar-refractivity contribution in [3.63, 3.8) is 0 Å². The van der Waals surface area contributed by atoms with Gasteiger partial charge in [0, 0.05) is 12.6 Å². The van der Waals surface area contributed by atoms with Gasteiger partial charge in [0.2, 0.25) is 0 Å². The van der Waals surface area contributed by atoms with Gasteiger partial charge in [-0.15, -0.1) is 0 Å². The van der Waals surface area contributed by atoms with Gasteiger partial charge < -0.3 is 20.3 Å². The van der Waals surface area contributed by atoms with Crippen LogP contribution in [0.1, 0.15) is 66.6 Å². The van der Waals surface area contributed by atoms with Crippen molar-refractivity contribution in [1.82, 2.24) is 5.32 Å². The average molecular weight is 492 g/mol. The Labute approximate surface area is 211 Å². The average Bonchev–Trinajstić information content (AvgIpc) is 2.88. The van der Waals surface area contributed by atoms with Crippen LogP contribution in [0, 0.1) is 5.82 Å². The number of aromatic carboxylic acids is 1. The van der Waals surface area contributed by atoms with Crippen molar-refractivity contribution in [3.05, 3.63) is 89.2 Å². The molecule has 0 saturated heterocycles. The van der Waals surface area contributed by atoms with E-state index in [4.69, 9.17) is 4.74 Å². The van der Waals surface area contributed by atoms with E-state index in [2.05, 4.69) is 17.4 Å². The second-order valence-electron chi connectivity index (χ2n) is 9.68. The summed E-state index contributed by atoms with van der Waals surface area (Å²) in [5, 5.41) is 23.3. The maximum Gasteiger partial charge on any atom is 0.339 e. The van der Waals surface area contributed by atoms with Gasteiger partial charge in [-0.2, -0.15) is 0 Å². The smallest absolute Gasteiger partial charge is 0.339 e. The van der Waals surface area contributed by atoms with E-state index in [-0.39, 0.29) is 23.5 Å². The maximum absolute atomic E-state index is 13.4. The van der Waals surface area contributed by atoms with E-state index < -0.39 is 12.1 Å². The molecule has 6 heteroatoms. The van der Waals surface area contributed by atoms with Crippen molar-refractivity contribution >= 4 is 5.97 Å². The first-order chi connectivity index (χ1) is 17.4. The third-order valence-corrected chi connectivity index (χ3v) is 6.78. The highest BCUT2D eigenvalue weighted by Crippen LogP contribution is 2.31. The van der Waals surface area contributed by atoms with Crippen molar-refractivity contribution in [2.45, 2.75) is 63.7 Å². The van der Waals surface area contributed by atoms with E-state index in [1.807, 2.05) is 31.2 Å². The van der Waals surface area contributed by atoms with Crippen LogP contribution in [0.3, 0.4) is 0 Å². The van der Waals surface area contributed by atoms with Crippen LogP contribution in [-0.2, 0) is 6.42 Å². The fourth-order valence-corrected chi connectivity index (χ4v) is 4.74. The summed E-state index contributed by atoms with van der Waals surface area (Å²) in [6.45, 7) is 2.38. The van der Waals surface area contributed by atoms with Crippen LogP contribution in [0.4, 0.5) is 4.39 Å². The molecule has 0 amide bonds. The highest BCUT2D eigenvalue weighted by atomic mass is 19.1. The monoisotopic (exact) mass is 491 g/mol. The summed E-state index contributed by atoms with van der Waals surface area (Å²) in [5.41, 5.74) is 3.80. The SMILES string of the molecule is C[C@H](Cc1ccc(-c2ccc(C(=O)O)c(OC3CCCCC3)c2)cc1)NC[C@H](O)c1cccc(F)c1. The predicted molar refractivity (Wildman–Crippen MR) is 139 cm³/mol. The first-order valence-electron chi connectivity index (χ1n) is 12.7. The molecule has 36 heavy (non-hydrogen) atoms. The van der Waals surface area contributed by atoms with Crippen LogP contribution in [0.5, 0.6) is 5.75 Å². The van der Waals surface area contributed by atoms with Crippen LogP contribution in [0.15, 0.2) is 66.7 Å². The molecule has 4 rings (SSSR count). The third-order valence-electron chi connectivity index (χ3n) is 6.78. The number of ether oxygens (including phenoxy) is 1. The molecule has 2 atom stereocenters. The Bertz CT molecular complexity index is 1160. The lowest BCUT2D eigenvalue weighted by atomic mass is 9.97. The van der Waals surface area contributed by atoms with Crippen molar-refractivity contribution in [1.29, 1.82) is 0 Å². The first-order valence-corrected chi connectivity index (χ1v) is 12.7. The number of nitrogens with one attached hydrogen (secondary N) is 1. The molecule has 1 aliphatic carbocycles. The summed E-state index contributed by atoms with van der Waals surface area (Å²) in [6, 6.07) is 19.6. The number of hydrogen-bond acceptors (Lipinski definition) is 4. The molecule has 0 aromatic heterocycles. The molecule has 3 aromatic carbocycles. The molecular weight excluding hydrogens is 457 g/mol. The number of hydrogen-bond donors (Lipinski definition) is 3. The number of benzene rings is 3. The molecule has 0 radical (unpaired) electrons. The molecular formula is C30H34FNO4. The van der Waals surface area contributed by atoms with Crippen LogP contribution >= 0.6 is 0 Å². The van der Waals surface area contributed by atoms with Gasteiger partial charge in [-0.1, -0.05) is 48.9 Å². The van der Waals surface area contributed by atoms with Crippen molar-refractivity contribution in [3.8, 4) is 16.9 Å². The largest absolute Gasteiger partial charge is 0.490 e. The molecule has 1 fully saturated rings. The summed E-state index contributed by atoms with van der Waals surface area (Å²) in [4.78, 5) is 11.7. The topological polar surface area (TPSA) is 78.8 Å². The lowest BCUT2D eigenvalue weighted by molar-refractivity contribution is 0.0686.